The van der Waals surface area contributed by atoms with Gasteiger partial charge in [-0.05, 0) is 47.6 Å². The van der Waals surface area contributed by atoms with Gasteiger partial charge in [0.1, 0.15) is 0 Å². The first-order valence-corrected chi connectivity index (χ1v) is 8.82. The first-order chi connectivity index (χ1) is 9.69. The van der Waals surface area contributed by atoms with Crippen molar-refractivity contribution in [3.8, 4) is 0 Å². The SMILES string of the molecule is CN=C(NCCc1ccc(I)s1)N(C)CC1CCOC1.I. The minimum Gasteiger partial charge on any atom is -0.381 e. The van der Waals surface area contributed by atoms with E-state index in [1.807, 2.05) is 18.4 Å². The number of guanidine groups is 1. The van der Waals surface area contributed by atoms with Crippen LogP contribution in [0, 0.1) is 8.80 Å². The van der Waals surface area contributed by atoms with Gasteiger partial charge in [0.05, 0.1) is 9.49 Å². The van der Waals surface area contributed by atoms with E-state index in [4.69, 9.17) is 4.74 Å². The van der Waals surface area contributed by atoms with Crippen LogP contribution in [0.5, 0.6) is 0 Å². The third kappa shape index (κ3) is 6.57. The number of ether oxygens (including phenoxy) is 1. The van der Waals surface area contributed by atoms with Crippen LogP contribution in [-0.4, -0.2) is 51.3 Å². The van der Waals surface area contributed by atoms with Crippen LogP contribution in [0.15, 0.2) is 17.1 Å². The van der Waals surface area contributed by atoms with E-state index in [-0.39, 0.29) is 24.0 Å². The van der Waals surface area contributed by atoms with Crippen molar-refractivity contribution in [2.75, 3.05) is 40.4 Å². The third-order valence-electron chi connectivity index (χ3n) is 3.41. The number of hydrogen-bond acceptors (Lipinski definition) is 3. The molecule has 0 spiro atoms. The Morgan fingerprint density at radius 1 is 1.57 bits per heavy atom. The Hall–Kier alpha value is 0.390. The Bertz CT molecular complexity index is 447. The van der Waals surface area contributed by atoms with Gasteiger partial charge in [0.2, 0.25) is 0 Å². The van der Waals surface area contributed by atoms with Gasteiger partial charge in [0, 0.05) is 44.6 Å². The van der Waals surface area contributed by atoms with Crippen LogP contribution in [0.4, 0.5) is 0 Å². The average molecular weight is 535 g/mol. The average Bonchev–Trinajstić information content (AvgIpc) is 3.06. The van der Waals surface area contributed by atoms with Crippen molar-refractivity contribution in [3.05, 3.63) is 19.9 Å². The Balaban J connectivity index is 0.00000220. The van der Waals surface area contributed by atoms with Crippen LogP contribution in [-0.2, 0) is 11.2 Å². The lowest BCUT2D eigenvalue weighted by Gasteiger charge is -2.24. The molecular weight excluding hydrogens is 512 g/mol. The highest BCUT2D eigenvalue weighted by molar-refractivity contribution is 14.1. The molecule has 4 nitrogen and oxygen atoms in total. The molecule has 120 valence electrons. The Morgan fingerprint density at radius 2 is 2.38 bits per heavy atom. The second-order valence-corrected chi connectivity index (χ2v) is 8.10. The van der Waals surface area contributed by atoms with Gasteiger partial charge in [0.15, 0.2) is 5.96 Å². The van der Waals surface area contributed by atoms with Crippen LogP contribution < -0.4 is 5.32 Å². The van der Waals surface area contributed by atoms with E-state index in [1.54, 1.807) is 0 Å². The number of nitrogens with one attached hydrogen (secondary N) is 1. The molecular formula is C14H23I2N3OS. The molecule has 0 saturated carbocycles. The summed E-state index contributed by atoms with van der Waals surface area (Å²) < 4.78 is 6.77. The molecule has 7 heteroatoms. The zero-order valence-corrected chi connectivity index (χ0v) is 17.8. The minimum absolute atomic E-state index is 0. The molecule has 0 radical (unpaired) electrons. The van der Waals surface area contributed by atoms with E-state index in [1.165, 1.54) is 7.76 Å². The normalized spacial score (nSPS) is 18.4. The van der Waals surface area contributed by atoms with Crippen LogP contribution in [0.25, 0.3) is 0 Å². The predicted molar refractivity (Wildman–Crippen MR) is 109 cm³/mol. The molecule has 0 bridgehead atoms. The largest absolute Gasteiger partial charge is 0.381 e. The molecule has 2 heterocycles. The van der Waals surface area contributed by atoms with Crippen molar-refractivity contribution in [3.63, 3.8) is 0 Å². The van der Waals surface area contributed by atoms with E-state index in [0.29, 0.717) is 5.92 Å². The molecule has 0 amide bonds. The van der Waals surface area contributed by atoms with Gasteiger partial charge in [-0.1, -0.05) is 0 Å². The summed E-state index contributed by atoms with van der Waals surface area (Å²) in [6, 6.07) is 4.37. The fourth-order valence-electron chi connectivity index (χ4n) is 2.37. The van der Waals surface area contributed by atoms with Gasteiger partial charge >= 0.3 is 0 Å². The fraction of sp³-hybridized carbons (Fsp3) is 0.643. The summed E-state index contributed by atoms with van der Waals surface area (Å²) in [4.78, 5) is 7.99. The summed E-state index contributed by atoms with van der Waals surface area (Å²) in [6.45, 7) is 3.72. The topological polar surface area (TPSA) is 36.9 Å². The Kier molecular flexibility index (Phi) is 9.46. The van der Waals surface area contributed by atoms with Gasteiger partial charge in [-0.3, -0.25) is 4.99 Å². The van der Waals surface area contributed by atoms with Crippen molar-refractivity contribution in [2.45, 2.75) is 12.8 Å². The van der Waals surface area contributed by atoms with Gasteiger partial charge in [-0.2, -0.15) is 0 Å². The zero-order valence-electron chi connectivity index (χ0n) is 12.5. The summed E-state index contributed by atoms with van der Waals surface area (Å²) in [5.41, 5.74) is 0. The molecule has 1 aromatic heterocycles. The first-order valence-electron chi connectivity index (χ1n) is 6.92. The van der Waals surface area contributed by atoms with E-state index in [0.717, 1.165) is 45.1 Å². The second-order valence-electron chi connectivity index (χ2n) is 5.04. The van der Waals surface area contributed by atoms with Gasteiger partial charge < -0.3 is 15.0 Å². The summed E-state index contributed by atoms with van der Waals surface area (Å²) in [5, 5.41) is 3.44. The smallest absolute Gasteiger partial charge is 0.193 e. The van der Waals surface area contributed by atoms with E-state index >= 15 is 0 Å². The van der Waals surface area contributed by atoms with Gasteiger partial charge in [-0.25, -0.2) is 0 Å². The number of halogens is 2. The molecule has 1 N–H and O–H groups in total. The zero-order chi connectivity index (χ0) is 14.4. The number of hydrogen-bond donors (Lipinski definition) is 1. The maximum atomic E-state index is 5.43. The summed E-state index contributed by atoms with van der Waals surface area (Å²) in [5.74, 6) is 1.61. The number of nitrogens with zero attached hydrogens (tertiary/aromatic N) is 2. The first kappa shape index (κ1) is 19.4. The maximum absolute atomic E-state index is 5.43. The van der Waals surface area contributed by atoms with E-state index in [9.17, 15) is 0 Å². The summed E-state index contributed by atoms with van der Waals surface area (Å²) >= 11 is 4.22. The van der Waals surface area contributed by atoms with Crippen molar-refractivity contribution in [2.24, 2.45) is 10.9 Å². The molecule has 1 unspecified atom stereocenters. The summed E-state index contributed by atoms with van der Waals surface area (Å²) in [7, 11) is 3.94. The van der Waals surface area contributed by atoms with Gasteiger partial charge in [-0.15, -0.1) is 35.3 Å². The Morgan fingerprint density at radius 3 is 2.95 bits per heavy atom. The fourth-order valence-corrected chi connectivity index (χ4v) is 4.12. The number of thiophene rings is 1. The lowest BCUT2D eigenvalue weighted by atomic mass is 10.1. The quantitative estimate of drug-likeness (QED) is 0.358. The molecule has 1 atom stereocenters. The molecule has 1 aliphatic rings. The van der Waals surface area contributed by atoms with E-state index < -0.39 is 0 Å². The standard InChI is InChI=1S/C14H22IN3OS.HI/c1-16-14(18(2)9-11-6-8-19-10-11)17-7-5-12-3-4-13(15)20-12;/h3-4,11H,5-10H2,1-2H3,(H,16,17);1H. The highest BCUT2D eigenvalue weighted by atomic mass is 127. The maximum Gasteiger partial charge on any atom is 0.193 e. The number of aliphatic imine (C=N–C) groups is 1. The van der Waals surface area contributed by atoms with Gasteiger partial charge in [0.25, 0.3) is 0 Å². The van der Waals surface area contributed by atoms with Crippen molar-refractivity contribution >= 4 is 63.9 Å². The summed E-state index contributed by atoms with van der Waals surface area (Å²) in [6.07, 6.45) is 2.21. The van der Waals surface area contributed by atoms with Crippen molar-refractivity contribution in [1.82, 2.24) is 10.2 Å². The molecule has 2 rings (SSSR count). The minimum atomic E-state index is 0. The van der Waals surface area contributed by atoms with Crippen LogP contribution >= 0.6 is 57.9 Å². The lowest BCUT2D eigenvalue weighted by Crippen LogP contribution is -2.42. The van der Waals surface area contributed by atoms with Crippen LogP contribution in [0.3, 0.4) is 0 Å². The second kappa shape index (κ2) is 10.2. The third-order valence-corrected chi connectivity index (χ3v) is 5.37. The molecule has 1 saturated heterocycles. The molecule has 1 aromatic rings. The van der Waals surface area contributed by atoms with Crippen LogP contribution in [0.2, 0.25) is 0 Å². The van der Waals surface area contributed by atoms with Crippen LogP contribution in [0.1, 0.15) is 11.3 Å². The molecule has 0 aliphatic carbocycles. The van der Waals surface area contributed by atoms with Crippen molar-refractivity contribution in [1.29, 1.82) is 0 Å². The highest BCUT2D eigenvalue weighted by Gasteiger charge is 2.18. The molecule has 1 fully saturated rings. The highest BCUT2D eigenvalue weighted by Crippen LogP contribution is 2.18. The molecule has 21 heavy (non-hydrogen) atoms. The molecule has 1 aliphatic heterocycles. The Labute approximate surface area is 161 Å². The predicted octanol–water partition coefficient (Wildman–Crippen LogP) is 3.06. The number of rotatable bonds is 5. The van der Waals surface area contributed by atoms with E-state index in [2.05, 4.69) is 57.0 Å². The lowest BCUT2D eigenvalue weighted by molar-refractivity contribution is 0.181. The van der Waals surface area contributed by atoms with Crippen molar-refractivity contribution < 1.29 is 4.74 Å². The monoisotopic (exact) mass is 535 g/mol. The molecule has 0 aromatic carbocycles.